The molecule has 0 radical (unpaired) electrons. The van der Waals surface area contributed by atoms with Crippen LogP contribution in [0.4, 0.5) is 10.1 Å². The number of carbonyl (C=O) groups is 1. The lowest BCUT2D eigenvalue weighted by molar-refractivity contribution is -0.117. The van der Waals surface area contributed by atoms with Gasteiger partial charge >= 0.3 is 0 Å². The van der Waals surface area contributed by atoms with Crippen molar-refractivity contribution in [2.45, 2.75) is 12.8 Å². The van der Waals surface area contributed by atoms with Gasteiger partial charge < -0.3 is 4.90 Å². The Kier molecular flexibility index (Phi) is 3.45. The number of anilines is 1. The van der Waals surface area contributed by atoms with E-state index in [0.29, 0.717) is 11.6 Å². The predicted molar refractivity (Wildman–Crippen MR) is 77.6 cm³/mol. The summed E-state index contributed by atoms with van der Waals surface area (Å²) in [6.07, 6.45) is 0.826. The minimum atomic E-state index is -0.432. The molecule has 0 bridgehead atoms. The fourth-order valence-electron chi connectivity index (χ4n) is 2.55. The first-order chi connectivity index (χ1) is 9.66. The van der Waals surface area contributed by atoms with Crippen molar-refractivity contribution >= 4 is 23.2 Å². The normalized spacial score (nSPS) is 13.4. The van der Waals surface area contributed by atoms with Crippen LogP contribution in [0.3, 0.4) is 0 Å². The molecule has 1 aliphatic rings. The Balaban J connectivity index is 1.85. The third kappa shape index (κ3) is 2.29. The van der Waals surface area contributed by atoms with E-state index in [9.17, 15) is 9.18 Å². The van der Waals surface area contributed by atoms with Crippen LogP contribution in [-0.4, -0.2) is 12.5 Å². The molecule has 2 nitrogen and oxygen atoms in total. The van der Waals surface area contributed by atoms with E-state index in [1.807, 2.05) is 24.3 Å². The van der Waals surface area contributed by atoms with E-state index >= 15 is 0 Å². The number of amides is 1. The monoisotopic (exact) mass is 289 g/mol. The lowest BCUT2D eigenvalue weighted by Gasteiger charge is -2.17. The number of halogens is 2. The maximum absolute atomic E-state index is 13.7. The summed E-state index contributed by atoms with van der Waals surface area (Å²) in [5.41, 5.74) is 2.34. The van der Waals surface area contributed by atoms with E-state index in [1.54, 1.807) is 11.0 Å². The zero-order valence-corrected chi connectivity index (χ0v) is 11.5. The van der Waals surface area contributed by atoms with Crippen LogP contribution in [0.15, 0.2) is 42.5 Å². The number of para-hydroxylation sites is 1. The van der Waals surface area contributed by atoms with Crippen LogP contribution < -0.4 is 4.90 Å². The lowest BCUT2D eigenvalue weighted by Crippen LogP contribution is -2.30. The minimum Gasteiger partial charge on any atom is -0.312 e. The zero-order valence-electron chi connectivity index (χ0n) is 10.8. The standard InChI is InChI=1S/C16H13ClFNO/c17-13-5-3-6-14(18)12(13)10-16(20)19-9-8-11-4-1-2-7-15(11)19/h1-7H,8-10H2. The first kappa shape index (κ1) is 13.1. The molecule has 1 amide bonds. The first-order valence-electron chi connectivity index (χ1n) is 6.48. The van der Waals surface area contributed by atoms with Crippen LogP contribution >= 0.6 is 11.6 Å². The van der Waals surface area contributed by atoms with Gasteiger partial charge in [0, 0.05) is 22.8 Å². The van der Waals surface area contributed by atoms with Crippen LogP contribution in [0.1, 0.15) is 11.1 Å². The molecule has 4 heteroatoms. The van der Waals surface area contributed by atoms with E-state index in [4.69, 9.17) is 11.6 Å². The average molecular weight is 290 g/mol. The van der Waals surface area contributed by atoms with Crippen molar-refractivity contribution in [2.75, 3.05) is 11.4 Å². The maximum atomic E-state index is 13.7. The molecule has 2 aromatic rings. The van der Waals surface area contributed by atoms with E-state index in [1.165, 1.54) is 12.1 Å². The highest BCUT2D eigenvalue weighted by atomic mass is 35.5. The third-order valence-corrected chi connectivity index (χ3v) is 3.93. The summed E-state index contributed by atoms with van der Waals surface area (Å²) in [6, 6.07) is 12.3. The SMILES string of the molecule is O=C(Cc1c(F)cccc1Cl)N1CCc2ccccc21. The van der Waals surface area contributed by atoms with Gasteiger partial charge in [-0.05, 0) is 30.2 Å². The number of fused-ring (bicyclic) bond motifs is 1. The molecule has 20 heavy (non-hydrogen) atoms. The quantitative estimate of drug-likeness (QED) is 0.827. The van der Waals surface area contributed by atoms with Crippen molar-refractivity contribution in [2.24, 2.45) is 0 Å². The predicted octanol–water partition coefficient (Wildman–Crippen LogP) is 3.61. The van der Waals surface area contributed by atoms with E-state index in [2.05, 4.69) is 0 Å². The molecule has 0 aliphatic carbocycles. The third-order valence-electron chi connectivity index (χ3n) is 3.58. The lowest BCUT2D eigenvalue weighted by atomic mass is 10.1. The molecule has 2 aromatic carbocycles. The smallest absolute Gasteiger partial charge is 0.231 e. The molecule has 0 N–H and O–H groups in total. The largest absolute Gasteiger partial charge is 0.312 e. The molecule has 1 heterocycles. The van der Waals surface area contributed by atoms with Gasteiger partial charge in [0.15, 0.2) is 0 Å². The van der Waals surface area contributed by atoms with Gasteiger partial charge in [-0.15, -0.1) is 0 Å². The van der Waals surface area contributed by atoms with Gasteiger partial charge in [-0.2, -0.15) is 0 Å². The molecule has 0 saturated carbocycles. The average Bonchev–Trinajstić information content (AvgIpc) is 2.87. The summed E-state index contributed by atoms with van der Waals surface area (Å²) < 4.78 is 13.7. The van der Waals surface area contributed by atoms with Crippen molar-refractivity contribution in [3.63, 3.8) is 0 Å². The van der Waals surface area contributed by atoms with Crippen molar-refractivity contribution in [1.29, 1.82) is 0 Å². The van der Waals surface area contributed by atoms with Gasteiger partial charge in [0.2, 0.25) is 5.91 Å². The van der Waals surface area contributed by atoms with Crippen LogP contribution in [0.2, 0.25) is 5.02 Å². The summed E-state index contributed by atoms with van der Waals surface area (Å²) in [4.78, 5) is 14.1. The first-order valence-corrected chi connectivity index (χ1v) is 6.86. The highest BCUT2D eigenvalue weighted by Gasteiger charge is 2.25. The summed E-state index contributed by atoms with van der Waals surface area (Å²) in [5, 5.41) is 0.297. The summed E-state index contributed by atoms with van der Waals surface area (Å²) in [5.74, 6) is -0.555. The Bertz CT molecular complexity index is 651. The number of rotatable bonds is 2. The van der Waals surface area contributed by atoms with Gasteiger partial charge in [-0.3, -0.25) is 4.79 Å². The van der Waals surface area contributed by atoms with E-state index < -0.39 is 5.82 Å². The molecular formula is C16H13ClFNO. The molecular weight excluding hydrogens is 277 g/mol. The molecule has 0 unspecified atom stereocenters. The maximum Gasteiger partial charge on any atom is 0.231 e. The molecule has 0 fully saturated rings. The van der Waals surface area contributed by atoms with Gasteiger partial charge in [-0.25, -0.2) is 4.39 Å². The van der Waals surface area contributed by atoms with Gasteiger partial charge in [0.05, 0.1) is 6.42 Å². The fourth-order valence-corrected chi connectivity index (χ4v) is 2.78. The topological polar surface area (TPSA) is 20.3 Å². The van der Waals surface area contributed by atoms with Gasteiger partial charge in [0.1, 0.15) is 5.82 Å². The van der Waals surface area contributed by atoms with Crippen LogP contribution in [0.5, 0.6) is 0 Å². The number of nitrogens with zero attached hydrogens (tertiary/aromatic N) is 1. The van der Waals surface area contributed by atoms with Crippen LogP contribution in [-0.2, 0) is 17.6 Å². The second kappa shape index (κ2) is 5.25. The fraction of sp³-hybridized carbons (Fsp3) is 0.188. The molecule has 102 valence electrons. The van der Waals surface area contributed by atoms with Crippen LogP contribution in [0.25, 0.3) is 0 Å². The summed E-state index contributed by atoms with van der Waals surface area (Å²) in [6.45, 7) is 0.643. The van der Waals surface area contributed by atoms with Crippen molar-refractivity contribution in [3.05, 3.63) is 64.4 Å². The Morgan fingerprint density at radius 2 is 2.00 bits per heavy atom. The highest BCUT2D eigenvalue weighted by molar-refractivity contribution is 6.31. The second-order valence-electron chi connectivity index (χ2n) is 4.80. The number of benzene rings is 2. The van der Waals surface area contributed by atoms with Crippen LogP contribution in [0, 0.1) is 5.82 Å². The van der Waals surface area contributed by atoms with Crippen molar-refractivity contribution < 1.29 is 9.18 Å². The number of hydrogen-bond donors (Lipinski definition) is 0. The Morgan fingerprint density at radius 1 is 1.20 bits per heavy atom. The van der Waals surface area contributed by atoms with Gasteiger partial charge in [-0.1, -0.05) is 35.9 Å². The van der Waals surface area contributed by atoms with Crippen molar-refractivity contribution in [1.82, 2.24) is 0 Å². The Morgan fingerprint density at radius 3 is 2.80 bits per heavy atom. The molecule has 0 atom stereocenters. The molecule has 1 aliphatic heterocycles. The molecule has 0 spiro atoms. The second-order valence-corrected chi connectivity index (χ2v) is 5.21. The number of carbonyl (C=O) groups excluding carboxylic acids is 1. The molecule has 3 rings (SSSR count). The molecule has 0 aromatic heterocycles. The molecule has 0 saturated heterocycles. The zero-order chi connectivity index (χ0) is 14.1. The Hall–Kier alpha value is -1.87. The summed E-state index contributed by atoms with van der Waals surface area (Å²) >= 11 is 5.97. The van der Waals surface area contributed by atoms with Gasteiger partial charge in [0.25, 0.3) is 0 Å². The highest BCUT2D eigenvalue weighted by Crippen LogP contribution is 2.29. The van der Waals surface area contributed by atoms with Crippen molar-refractivity contribution in [3.8, 4) is 0 Å². The Labute approximate surface area is 121 Å². The minimum absolute atomic E-state index is 0.0140. The van der Waals surface area contributed by atoms with E-state index in [0.717, 1.165) is 17.7 Å². The number of hydrogen-bond acceptors (Lipinski definition) is 1. The summed E-state index contributed by atoms with van der Waals surface area (Å²) in [7, 11) is 0. The van der Waals surface area contributed by atoms with E-state index in [-0.39, 0.29) is 17.9 Å².